The summed E-state index contributed by atoms with van der Waals surface area (Å²) in [6.45, 7) is 0.931. The fourth-order valence-electron chi connectivity index (χ4n) is 2.59. The Labute approximate surface area is 147 Å². The van der Waals surface area contributed by atoms with Crippen molar-refractivity contribution in [3.05, 3.63) is 66.0 Å². The average molecular weight is 352 g/mol. The molecule has 4 rings (SSSR count). The monoisotopic (exact) mass is 352 g/mol. The average Bonchev–Trinajstić information content (AvgIpc) is 3.13. The molecule has 130 valence electrons. The van der Waals surface area contributed by atoms with Gasteiger partial charge in [-0.25, -0.2) is 23.3 Å². The second-order valence-corrected chi connectivity index (χ2v) is 5.68. The van der Waals surface area contributed by atoms with E-state index >= 15 is 0 Å². The molecule has 1 N–H and O–H groups in total. The molecule has 0 atom stereocenters. The van der Waals surface area contributed by atoms with Crippen LogP contribution in [-0.4, -0.2) is 24.6 Å². The summed E-state index contributed by atoms with van der Waals surface area (Å²) in [6, 6.07) is 8.20. The molecule has 0 saturated heterocycles. The molecule has 0 bridgehead atoms. The van der Waals surface area contributed by atoms with Gasteiger partial charge in [0.25, 0.3) is 0 Å². The van der Waals surface area contributed by atoms with Gasteiger partial charge in [0, 0.05) is 29.8 Å². The molecule has 26 heavy (non-hydrogen) atoms. The highest BCUT2D eigenvalue weighted by Crippen LogP contribution is 2.25. The van der Waals surface area contributed by atoms with Gasteiger partial charge in [-0.1, -0.05) is 0 Å². The first-order valence-electron chi connectivity index (χ1n) is 7.90. The van der Waals surface area contributed by atoms with Gasteiger partial charge in [-0.15, -0.1) is 5.10 Å². The maximum atomic E-state index is 13.5. The fourth-order valence-corrected chi connectivity index (χ4v) is 2.59. The number of pyridine rings is 2. The molecular weight excluding hydrogens is 338 g/mol. The second kappa shape index (κ2) is 6.47. The molecular formula is C18H14F2N6. The van der Waals surface area contributed by atoms with Crippen LogP contribution in [0.4, 0.5) is 20.3 Å². The fraction of sp³-hybridized carbons (Fsp3) is 0.111. The first-order valence-corrected chi connectivity index (χ1v) is 7.90. The van der Waals surface area contributed by atoms with Gasteiger partial charge in [0.1, 0.15) is 23.7 Å². The van der Waals surface area contributed by atoms with Crippen LogP contribution in [0.3, 0.4) is 0 Å². The molecule has 4 aromatic rings. The highest BCUT2D eigenvalue weighted by Gasteiger charge is 2.13. The Bertz CT molecular complexity index is 1090. The minimum Gasteiger partial charge on any atom is -0.338 e. The number of hydrogen-bond donors (Lipinski definition) is 1. The Morgan fingerprint density at radius 3 is 2.85 bits per heavy atom. The van der Waals surface area contributed by atoms with E-state index in [1.807, 2.05) is 12.1 Å². The summed E-state index contributed by atoms with van der Waals surface area (Å²) < 4.78 is 28.4. The second-order valence-electron chi connectivity index (χ2n) is 5.68. The lowest BCUT2D eigenvalue weighted by Crippen LogP contribution is -2.05. The Morgan fingerprint density at radius 2 is 2.04 bits per heavy atom. The largest absolute Gasteiger partial charge is 0.338 e. The minimum absolute atomic E-state index is 0.266. The number of alkyl halides is 1. The van der Waals surface area contributed by atoms with Crippen LogP contribution in [0.2, 0.25) is 0 Å². The molecule has 0 radical (unpaired) electrons. The van der Waals surface area contributed by atoms with Crippen LogP contribution in [0.15, 0.2) is 48.9 Å². The van der Waals surface area contributed by atoms with Crippen molar-refractivity contribution in [1.82, 2.24) is 24.6 Å². The maximum absolute atomic E-state index is 13.5. The van der Waals surface area contributed by atoms with Crippen LogP contribution in [-0.2, 0) is 6.67 Å². The van der Waals surface area contributed by atoms with Crippen molar-refractivity contribution in [2.75, 3.05) is 5.32 Å². The molecule has 4 aromatic heterocycles. The topological polar surface area (TPSA) is 68.0 Å². The zero-order valence-electron chi connectivity index (χ0n) is 13.8. The van der Waals surface area contributed by atoms with Gasteiger partial charge in [-0.2, -0.15) is 0 Å². The van der Waals surface area contributed by atoms with Crippen LogP contribution in [0.1, 0.15) is 11.3 Å². The predicted octanol–water partition coefficient (Wildman–Crippen LogP) is 3.85. The molecule has 0 aliphatic rings. The molecule has 0 aliphatic carbocycles. The molecule has 0 aliphatic heterocycles. The van der Waals surface area contributed by atoms with Crippen molar-refractivity contribution in [3.63, 3.8) is 0 Å². The molecule has 4 heterocycles. The lowest BCUT2D eigenvalue weighted by Gasteiger charge is -2.12. The summed E-state index contributed by atoms with van der Waals surface area (Å²) in [5.41, 5.74) is 2.42. The van der Waals surface area contributed by atoms with Crippen LogP contribution >= 0.6 is 0 Å². The number of nitrogens with zero attached hydrogens (tertiary/aromatic N) is 5. The smallest absolute Gasteiger partial charge is 0.200 e. The lowest BCUT2D eigenvalue weighted by atomic mass is 10.2. The quantitative estimate of drug-likeness (QED) is 0.604. The van der Waals surface area contributed by atoms with E-state index in [0.717, 1.165) is 0 Å². The van der Waals surface area contributed by atoms with Crippen molar-refractivity contribution in [3.8, 4) is 11.5 Å². The number of nitrogens with one attached hydrogen (secondary N) is 1. The molecule has 0 fully saturated rings. The van der Waals surface area contributed by atoms with Crippen LogP contribution in [0.25, 0.3) is 17.0 Å². The zero-order valence-corrected chi connectivity index (χ0v) is 13.8. The van der Waals surface area contributed by atoms with Crippen LogP contribution < -0.4 is 5.32 Å². The SMILES string of the molecule is Cc1nc(-c2nc(Nc3ccncc3CF)c3cccn3n2)ccc1F. The summed E-state index contributed by atoms with van der Waals surface area (Å²) in [7, 11) is 0. The van der Waals surface area contributed by atoms with Gasteiger partial charge >= 0.3 is 0 Å². The van der Waals surface area contributed by atoms with Crippen molar-refractivity contribution in [2.24, 2.45) is 0 Å². The van der Waals surface area contributed by atoms with E-state index in [4.69, 9.17) is 0 Å². The van der Waals surface area contributed by atoms with Gasteiger partial charge in [0.05, 0.1) is 5.69 Å². The van der Waals surface area contributed by atoms with Gasteiger partial charge in [0.15, 0.2) is 5.82 Å². The summed E-state index contributed by atoms with van der Waals surface area (Å²) in [6.07, 6.45) is 4.80. The standard InChI is InChI=1S/C18H14F2N6/c1-11-13(20)4-5-15(22-11)17-24-18(16-3-2-8-26(16)25-17)23-14-6-7-21-10-12(14)9-19/h2-8,10H,9H2,1H3,(H,21,23,24,25). The summed E-state index contributed by atoms with van der Waals surface area (Å²) >= 11 is 0. The third kappa shape index (κ3) is 2.85. The third-order valence-corrected chi connectivity index (χ3v) is 3.94. The van der Waals surface area contributed by atoms with E-state index in [0.29, 0.717) is 34.1 Å². The van der Waals surface area contributed by atoms with Crippen molar-refractivity contribution in [2.45, 2.75) is 13.6 Å². The van der Waals surface area contributed by atoms with E-state index in [-0.39, 0.29) is 5.69 Å². The van der Waals surface area contributed by atoms with E-state index < -0.39 is 12.5 Å². The van der Waals surface area contributed by atoms with Gasteiger partial charge in [-0.05, 0) is 37.3 Å². The van der Waals surface area contributed by atoms with Crippen molar-refractivity contribution >= 4 is 17.0 Å². The van der Waals surface area contributed by atoms with Gasteiger partial charge < -0.3 is 5.32 Å². The molecule has 0 amide bonds. The Hall–Kier alpha value is -3.42. The number of aromatic nitrogens is 5. The molecule has 6 nitrogen and oxygen atoms in total. The zero-order chi connectivity index (χ0) is 18.1. The van der Waals surface area contributed by atoms with Crippen LogP contribution in [0, 0.1) is 12.7 Å². The highest BCUT2D eigenvalue weighted by molar-refractivity contribution is 5.75. The van der Waals surface area contributed by atoms with Crippen LogP contribution in [0.5, 0.6) is 0 Å². The Kier molecular flexibility index (Phi) is 4.00. The predicted molar refractivity (Wildman–Crippen MR) is 93.2 cm³/mol. The highest BCUT2D eigenvalue weighted by atomic mass is 19.1. The molecule has 8 heteroatoms. The Morgan fingerprint density at radius 1 is 1.15 bits per heavy atom. The van der Waals surface area contributed by atoms with Gasteiger partial charge in [0.2, 0.25) is 5.82 Å². The summed E-state index contributed by atoms with van der Waals surface area (Å²) in [4.78, 5) is 12.6. The first kappa shape index (κ1) is 16.1. The molecule has 0 aromatic carbocycles. The number of aryl methyl sites for hydroxylation is 1. The Balaban J connectivity index is 1.83. The molecule has 0 unspecified atom stereocenters. The number of hydrogen-bond acceptors (Lipinski definition) is 5. The first-order chi connectivity index (χ1) is 12.7. The third-order valence-electron chi connectivity index (χ3n) is 3.94. The summed E-state index contributed by atoms with van der Waals surface area (Å²) in [5.74, 6) is 0.429. The number of halogens is 2. The number of fused-ring (bicyclic) bond motifs is 1. The maximum Gasteiger partial charge on any atom is 0.200 e. The minimum atomic E-state index is -0.649. The number of anilines is 2. The van der Waals surface area contributed by atoms with E-state index in [1.165, 1.54) is 18.3 Å². The lowest BCUT2D eigenvalue weighted by molar-refractivity contribution is 0.485. The summed E-state index contributed by atoms with van der Waals surface area (Å²) in [5, 5.41) is 7.55. The number of rotatable bonds is 4. The molecule has 0 saturated carbocycles. The van der Waals surface area contributed by atoms with Crippen molar-refractivity contribution in [1.29, 1.82) is 0 Å². The normalized spacial score (nSPS) is 11.0. The molecule has 0 spiro atoms. The van der Waals surface area contributed by atoms with Gasteiger partial charge in [-0.3, -0.25) is 4.98 Å². The van der Waals surface area contributed by atoms with E-state index in [1.54, 1.807) is 29.9 Å². The van der Waals surface area contributed by atoms with Crippen molar-refractivity contribution < 1.29 is 8.78 Å². The van der Waals surface area contributed by atoms with E-state index in [2.05, 4.69) is 25.4 Å². The van der Waals surface area contributed by atoms with E-state index in [9.17, 15) is 8.78 Å².